The number of aliphatic hydroxyl groups excluding tert-OH is 1. The third-order valence-electron chi connectivity index (χ3n) is 6.53. The molecule has 0 amide bonds. The SMILES string of the molecule is O=C(O)c1ncccc1-n1nc(Cn2nc(-c3ccc(Cl)cc3)n(CC(O)C(F)(F)F)c2=O)nc1N1CCS(=O)(=O)CC1. The number of hydrogen-bond donors (Lipinski definition) is 2. The highest BCUT2D eigenvalue weighted by atomic mass is 35.5. The third kappa shape index (κ3) is 6.40. The monoisotopic (exact) mass is 642 g/mol. The average Bonchev–Trinajstić information content (AvgIpc) is 3.50. The molecule has 5 rings (SSSR count). The number of hydrogen-bond acceptors (Lipinski definition) is 10. The Morgan fingerprint density at radius 1 is 1.09 bits per heavy atom. The quantitative estimate of drug-likeness (QED) is 0.283. The van der Waals surface area contributed by atoms with Crippen molar-refractivity contribution in [1.29, 1.82) is 0 Å². The van der Waals surface area contributed by atoms with Crippen LogP contribution in [0.5, 0.6) is 0 Å². The second-order valence-corrected chi connectivity index (χ2v) is 12.2. The van der Waals surface area contributed by atoms with Gasteiger partial charge in [0.05, 0.1) is 18.1 Å². The van der Waals surface area contributed by atoms with Crippen molar-refractivity contribution in [2.75, 3.05) is 29.5 Å². The fraction of sp³-hybridized carbons (Fsp3) is 0.333. The van der Waals surface area contributed by atoms with Crippen molar-refractivity contribution in [1.82, 2.24) is 34.1 Å². The molecule has 0 saturated carbocycles. The standard InChI is InChI=1S/C24H22ClF3N8O6S/c25-15-5-3-14(4-6-15)20-32-35(23(40)34(20)12-17(37)24(26,27)28)13-18-30-22(33-8-10-43(41,42)11-9-33)36(31-18)16-2-1-7-29-19(16)21(38)39/h1-7,17,37H,8-13H2,(H,38,39). The number of halogens is 4. The molecule has 1 aliphatic rings. The first-order chi connectivity index (χ1) is 20.2. The van der Waals surface area contributed by atoms with Crippen LogP contribution in [0.3, 0.4) is 0 Å². The van der Waals surface area contributed by atoms with Crippen LogP contribution in [0.15, 0.2) is 47.4 Å². The molecule has 1 saturated heterocycles. The lowest BCUT2D eigenvalue weighted by Crippen LogP contribution is -2.41. The van der Waals surface area contributed by atoms with Crippen LogP contribution in [0.1, 0.15) is 16.3 Å². The topological polar surface area (TPSA) is 178 Å². The zero-order valence-corrected chi connectivity index (χ0v) is 23.5. The lowest BCUT2D eigenvalue weighted by molar-refractivity contribution is -0.207. The van der Waals surface area contributed by atoms with Gasteiger partial charge >= 0.3 is 17.8 Å². The van der Waals surface area contributed by atoms with Gasteiger partial charge in [-0.1, -0.05) is 11.6 Å². The summed E-state index contributed by atoms with van der Waals surface area (Å²) in [6, 6.07) is 8.66. The predicted octanol–water partition coefficient (Wildman–Crippen LogP) is 1.25. The average molecular weight is 643 g/mol. The number of carboxylic acids is 1. The predicted molar refractivity (Wildman–Crippen MR) is 145 cm³/mol. The maximum atomic E-state index is 13.3. The van der Waals surface area contributed by atoms with Gasteiger partial charge < -0.3 is 15.1 Å². The zero-order valence-electron chi connectivity index (χ0n) is 21.9. The zero-order chi connectivity index (χ0) is 31.1. The van der Waals surface area contributed by atoms with Crippen molar-refractivity contribution in [3.8, 4) is 17.1 Å². The lowest BCUT2D eigenvalue weighted by Gasteiger charge is -2.27. The molecule has 1 unspecified atom stereocenters. The Bertz CT molecular complexity index is 1820. The third-order valence-corrected chi connectivity index (χ3v) is 8.39. The van der Waals surface area contributed by atoms with Crippen molar-refractivity contribution in [3.05, 3.63) is 69.6 Å². The summed E-state index contributed by atoms with van der Waals surface area (Å²) in [5, 5.41) is 28.3. The smallest absolute Gasteiger partial charge is 0.416 e. The summed E-state index contributed by atoms with van der Waals surface area (Å²) in [5.74, 6) is -1.96. The largest absolute Gasteiger partial charge is 0.476 e. The molecule has 228 valence electrons. The molecule has 3 aromatic heterocycles. The van der Waals surface area contributed by atoms with Crippen molar-refractivity contribution < 1.29 is 36.6 Å². The number of aromatic carboxylic acids is 1. The number of carboxylic acid groups (broad SMARTS) is 1. The molecule has 0 radical (unpaired) electrons. The van der Waals surface area contributed by atoms with Crippen molar-refractivity contribution in [3.63, 3.8) is 0 Å². The maximum Gasteiger partial charge on any atom is 0.416 e. The van der Waals surface area contributed by atoms with Gasteiger partial charge in [0.15, 0.2) is 33.3 Å². The highest BCUT2D eigenvalue weighted by Gasteiger charge is 2.39. The first-order valence-electron chi connectivity index (χ1n) is 12.5. The molecule has 0 spiro atoms. The summed E-state index contributed by atoms with van der Waals surface area (Å²) in [6.45, 7) is -1.57. The molecule has 1 aromatic carbocycles. The van der Waals surface area contributed by atoms with E-state index in [1.165, 1.54) is 42.6 Å². The second kappa shape index (κ2) is 11.4. The fourth-order valence-corrected chi connectivity index (χ4v) is 5.68. The maximum absolute atomic E-state index is 13.3. The lowest BCUT2D eigenvalue weighted by atomic mass is 10.2. The van der Waals surface area contributed by atoms with E-state index in [2.05, 4.69) is 20.2 Å². The molecule has 2 N–H and O–H groups in total. The molecule has 1 aliphatic heterocycles. The molecule has 4 aromatic rings. The summed E-state index contributed by atoms with van der Waals surface area (Å²) >= 11 is 5.92. The minimum atomic E-state index is -5.01. The van der Waals surface area contributed by atoms with E-state index in [-0.39, 0.29) is 59.1 Å². The Balaban J connectivity index is 1.59. The Morgan fingerprint density at radius 3 is 2.40 bits per heavy atom. The minimum absolute atomic E-state index is 0.00482. The number of carbonyl (C=O) groups is 1. The van der Waals surface area contributed by atoms with E-state index in [1.54, 1.807) is 4.90 Å². The van der Waals surface area contributed by atoms with Crippen LogP contribution in [0.25, 0.3) is 17.1 Å². The summed E-state index contributed by atoms with van der Waals surface area (Å²) < 4.78 is 66.3. The molecule has 43 heavy (non-hydrogen) atoms. The van der Waals surface area contributed by atoms with Gasteiger partial charge in [-0.15, -0.1) is 10.2 Å². The van der Waals surface area contributed by atoms with Crippen LogP contribution in [0.2, 0.25) is 5.02 Å². The molecule has 0 aliphatic carbocycles. The first-order valence-corrected chi connectivity index (χ1v) is 14.7. The summed E-state index contributed by atoms with van der Waals surface area (Å²) in [4.78, 5) is 35.1. The van der Waals surface area contributed by atoms with Crippen molar-refractivity contribution in [2.45, 2.75) is 25.4 Å². The molecular weight excluding hydrogens is 621 g/mol. The number of pyridine rings is 1. The van der Waals surface area contributed by atoms with E-state index in [0.717, 1.165) is 9.36 Å². The van der Waals surface area contributed by atoms with E-state index in [4.69, 9.17) is 11.6 Å². The molecule has 1 atom stereocenters. The number of sulfone groups is 1. The number of alkyl halides is 3. The Kier molecular flexibility index (Phi) is 8.01. The molecule has 1 fully saturated rings. The van der Waals surface area contributed by atoms with Gasteiger partial charge in [-0.2, -0.15) is 22.8 Å². The molecule has 0 bridgehead atoms. The Morgan fingerprint density at radius 2 is 1.77 bits per heavy atom. The van der Waals surface area contributed by atoms with Gasteiger partial charge in [-0.3, -0.25) is 4.57 Å². The number of aromatic nitrogens is 7. The van der Waals surface area contributed by atoms with E-state index in [9.17, 15) is 41.4 Å². The van der Waals surface area contributed by atoms with E-state index >= 15 is 0 Å². The number of rotatable bonds is 8. The number of aliphatic hydroxyl groups is 1. The summed E-state index contributed by atoms with van der Waals surface area (Å²) in [6.07, 6.45) is -6.62. The highest BCUT2D eigenvalue weighted by Crippen LogP contribution is 2.25. The van der Waals surface area contributed by atoms with Crippen LogP contribution in [0, 0.1) is 0 Å². The van der Waals surface area contributed by atoms with E-state index < -0.39 is 46.9 Å². The normalized spacial score (nSPS) is 15.9. The molecule has 14 nitrogen and oxygen atoms in total. The van der Waals surface area contributed by atoms with Crippen LogP contribution in [-0.4, -0.2) is 95.6 Å². The van der Waals surface area contributed by atoms with E-state index in [1.807, 2.05) is 0 Å². The first kappa shape index (κ1) is 30.2. The number of nitrogens with zero attached hydrogens (tertiary/aromatic N) is 8. The number of anilines is 1. The second-order valence-electron chi connectivity index (χ2n) is 9.49. The van der Waals surface area contributed by atoms with Gasteiger partial charge in [0, 0.05) is 29.9 Å². The van der Waals surface area contributed by atoms with Crippen LogP contribution >= 0.6 is 11.6 Å². The summed E-state index contributed by atoms with van der Waals surface area (Å²) in [5.41, 5.74) is -1.14. The van der Waals surface area contributed by atoms with Gasteiger partial charge in [-0.25, -0.2) is 27.7 Å². The van der Waals surface area contributed by atoms with E-state index in [0.29, 0.717) is 9.59 Å². The Hall–Kier alpha value is -4.29. The molecular formula is C24H22ClF3N8O6S. The van der Waals surface area contributed by atoms with Crippen molar-refractivity contribution >= 4 is 33.4 Å². The van der Waals surface area contributed by atoms with Gasteiger partial charge in [0.25, 0.3) is 0 Å². The fourth-order valence-electron chi connectivity index (χ4n) is 4.35. The summed E-state index contributed by atoms with van der Waals surface area (Å²) in [7, 11) is -3.29. The van der Waals surface area contributed by atoms with Gasteiger partial charge in [-0.05, 0) is 36.4 Å². The Labute approximate surface area is 245 Å². The minimum Gasteiger partial charge on any atom is -0.476 e. The number of benzene rings is 1. The van der Waals surface area contributed by atoms with Gasteiger partial charge in [0.2, 0.25) is 5.95 Å². The highest BCUT2D eigenvalue weighted by molar-refractivity contribution is 7.91. The van der Waals surface area contributed by atoms with Crippen molar-refractivity contribution in [2.24, 2.45) is 0 Å². The van der Waals surface area contributed by atoms with Crippen LogP contribution < -0.4 is 10.6 Å². The van der Waals surface area contributed by atoms with Gasteiger partial charge in [0.1, 0.15) is 12.2 Å². The molecule has 19 heteroatoms. The van der Waals surface area contributed by atoms with Crippen LogP contribution in [-0.2, 0) is 22.9 Å². The molecule has 4 heterocycles. The van der Waals surface area contributed by atoms with Crippen LogP contribution in [0.4, 0.5) is 19.1 Å².